The van der Waals surface area contributed by atoms with E-state index in [2.05, 4.69) is 26.1 Å². The van der Waals surface area contributed by atoms with Crippen molar-refractivity contribution in [2.45, 2.75) is 59.6 Å². The Morgan fingerprint density at radius 3 is 2.61 bits per heavy atom. The topological polar surface area (TPSA) is 88.0 Å². The van der Waals surface area contributed by atoms with E-state index in [1.165, 1.54) is 16.0 Å². The van der Waals surface area contributed by atoms with Gasteiger partial charge in [0.1, 0.15) is 18.5 Å². The summed E-state index contributed by atoms with van der Waals surface area (Å²) in [6.07, 6.45) is -0.343. The SMILES string of the molecule is Cc1cc(CNC(=O)Oc2sc(C)c3c2C[C@@H]2[C@H]3C2(C)C)cc(C)c1OC[C@@H](O)CO. The minimum Gasteiger partial charge on any atom is -0.490 e. The van der Waals surface area contributed by atoms with Gasteiger partial charge in [-0.3, -0.25) is 0 Å². The number of ether oxygens (including phenoxy) is 2. The smallest absolute Gasteiger partial charge is 0.413 e. The lowest BCUT2D eigenvalue weighted by molar-refractivity contribution is 0.0531. The van der Waals surface area contributed by atoms with E-state index < -0.39 is 12.2 Å². The molecule has 0 aliphatic heterocycles. The largest absolute Gasteiger partial charge is 0.490 e. The fourth-order valence-corrected chi connectivity index (χ4v) is 6.15. The van der Waals surface area contributed by atoms with Crippen molar-refractivity contribution in [2.24, 2.45) is 11.3 Å². The van der Waals surface area contributed by atoms with Crippen molar-refractivity contribution in [1.82, 2.24) is 5.32 Å². The number of hydrogen-bond donors (Lipinski definition) is 3. The monoisotopic (exact) mass is 445 g/mol. The highest BCUT2D eigenvalue weighted by Gasteiger charge is 2.63. The summed E-state index contributed by atoms with van der Waals surface area (Å²) in [6.45, 7) is 10.7. The molecule has 7 heteroatoms. The number of benzene rings is 1. The molecule has 0 bridgehead atoms. The van der Waals surface area contributed by atoms with Gasteiger partial charge >= 0.3 is 6.09 Å². The average molecular weight is 446 g/mol. The summed E-state index contributed by atoms with van der Waals surface area (Å²) in [6, 6.07) is 3.88. The highest BCUT2D eigenvalue weighted by molar-refractivity contribution is 7.14. The molecule has 0 spiro atoms. The molecule has 1 aromatic heterocycles. The maximum absolute atomic E-state index is 12.5. The second kappa shape index (κ2) is 8.11. The van der Waals surface area contributed by atoms with E-state index in [0.29, 0.717) is 29.5 Å². The van der Waals surface area contributed by atoms with Crippen molar-refractivity contribution >= 4 is 17.4 Å². The average Bonchev–Trinajstić information content (AvgIpc) is 3.02. The lowest BCUT2D eigenvalue weighted by Crippen LogP contribution is -2.26. The van der Waals surface area contributed by atoms with Gasteiger partial charge in [0.15, 0.2) is 5.06 Å². The standard InChI is InChI=1S/C24H31NO5S/c1-12-6-15(7-13(2)21(12)29-11-16(27)10-26)9-25-23(28)30-22-17-8-18-20(24(18,4)5)19(17)14(3)31-22/h6-7,16,18,20,26-27H,8-11H2,1-5H3,(H,25,28)/t16-,18+,20+/m0/s1. The van der Waals surface area contributed by atoms with Crippen LogP contribution in [0.25, 0.3) is 0 Å². The second-order valence-electron chi connectivity index (χ2n) is 9.40. The third-order valence-electron chi connectivity index (χ3n) is 6.76. The summed E-state index contributed by atoms with van der Waals surface area (Å²) in [7, 11) is 0. The van der Waals surface area contributed by atoms with E-state index in [4.69, 9.17) is 14.6 Å². The lowest BCUT2D eigenvalue weighted by atomic mass is 9.96. The van der Waals surface area contributed by atoms with Crippen molar-refractivity contribution in [2.75, 3.05) is 13.2 Å². The molecule has 1 aromatic carbocycles. The molecule has 1 heterocycles. The molecule has 3 N–H and O–H groups in total. The van der Waals surface area contributed by atoms with Gasteiger partial charge < -0.3 is 25.0 Å². The zero-order chi connectivity index (χ0) is 22.5. The third-order valence-corrected chi connectivity index (χ3v) is 7.80. The maximum atomic E-state index is 12.5. The van der Waals surface area contributed by atoms with Crippen LogP contribution in [-0.2, 0) is 13.0 Å². The Morgan fingerprint density at radius 1 is 1.29 bits per heavy atom. The Hall–Kier alpha value is -2.09. The molecule has 2 aliphatic carbocycles. The van der Waals surface area contributed by atoms with E-state index in [0.717, 1.165) is 28.2 Å². The van der Waals surface area contributed by atoms with Gasteiger partial charge in [0.2, 0.25) is 0 Å². The van der Waals surface area contributed by atoms with E-state index in [1.54, 1.807) is 11.3 Å². The second-order valence-corrected chi connectivity index (χ2v) is 10.6. The van der Waals surface area contributed by atoms with Gasteiger partial charge in [-0.05, 0) is 66.7 Å². The van der Waals surface area contributed by atoms with Crippen LogP contribution in [-0.4, -0.2) is 35.6 Å². The summed E-state index contributed by atoms with van der Waals surface area (Å²) >= 11 is 1.58. The Bertz CT molecular complexity index is 989. The zero-order valence-corrected chi connectivity index (χ0v) is 19.6. The van der Waals surface area contributed by atoms with Gasteiger partial charge in [-0.15, -0.1) is 11.3 Å². The molecule has 0 unspecified atom stereocenters. The van der Waals surface area contributed by atoms with E-state index in [9.17, 15) is 9.90 Å². The first-order valence-corrected chi connectivity index (χ1v) is 11.5. The molecule has 6 nitrogen and oxygen atoms in total. The van der Waals surface area contributed by atoms with Crippen LogP contribution in [0.1, 0.15) is 52.5 Å². The van der Waals surface area contributed by atoms with Crippen molar-refractivity contribution in [3.63, 3.8) is 0 Å². The first-order valence-electron chi connectivity index (χ1n) is 10.7. The molecule has 1 saturated carbocycles. The molecule has 0 saturated heterocycles. The molecule has 0 radical (unpaired) electrons. The Labute approximate surface area is 187 Å². The fraction of sp³-hybridized carbons (Fsp3) is 0.542. The van der Waals surface area contributed by atoms with Gasteiger partial charge in [0.25, 0.3) is 0 Å². The molecule has 3 atom stereocenters. The van der Waals surface area contributed by atoms with Crippen LogP contribution in [0, 0.1) is 32.1 Å². The lowest BCUT2D eigenvalue weighted by Gasteiger charge is -2.16. The van der Waals surface area contributed by atoms with Crippen LogP contribution in [0.5, 0.6) is 10.8 Å². The number of fused-ring (bicyclic) bond motifs is 3. The van der Waals surface area contributed by atoms with Crippen LogP contribution in [0.3, 0.4) is 0 Å². The van der Waals surface area contributed by atoms with Crippen LogP contribution in [0.2, 0.25) is 0 Å². The van der Waals surface area contributed by atoms with Gasteiger partial charge in [-0.25, -0.2) is 4.79 Å². The summed E-state index contributed by atoms with van der Waals surface area (Å²) in [5, 5.41) is 22.0. The molecule has 168 valence electrons. The number of carbonyl (C=O) groups excluding carboxylic acids is 1. The van der Waals surface area contributed by atoms with Crippen LogP contribution < -0.4 is 14.8 Å². The molecule has 1 amide bonds. The Balaban J connectivity index is 1.36. The van der Waals surface area contributed by atoms with Crippen LogP contribution in [0.4, 0.5) is 4.79 Å². The molecule has 2 aromatic rings. The quantitative estimate of drug-likeness (QED) is 0.600. The minimum absolute atomic E-state index is 0.0333. The van der Waals surface area contributed by atoms with Crippen molar-refractivity contribution < 1.29 is 24.5 Å². The number of aryl methyl sites for hydroxylation is 3. The minimum atomic E-state index is -0.908. The normalized spacial score (nSPS) is 21.3. The number of thiophene rings is 1. The van der Waals surface area contributed by atoms with Crippen LogP contribution in [0.15, 0.2) is 12.1 Å². The predicted molar refractivity (Wildman–Crippen MR) is 120 cm³/mol. The molecular weight excluding hydrogens is 414 g/mol. The molecule has 1 fully saturated rings. The van der Waals surface area contributed by atoms with Gasteiger partial charge in [0.05, 0.1) is 6.61 Å². The summed E-state index contributed by atoms with van der Waals surface area (Å²) in [4.78, 5) is 13.7. The number of amides is 1. The number of nitrogens with one attached hydrogen (secondary N) is 1. The summed E-state index contributed by atoms with van der Waals surface area (Å²) in [5.41, 5.74) is 5.77. The predicted octanol–water partition coefficient (Wildman–Crippen LogP) is 3.99. The van der Waals surface area contributed by atoms with Crippen molar-refractivity contribution in [3.05, 3.63) is 44.8 Å². The van der Waals surface area contributed by atoms with Crippen molar-refractivity contribution in [3.8, 4) is 10.8 Å². The van der Waals surface area contributed by atoms with Gasteiger partial charge in [-0.2, -0.15) is 0 Å². The number of carbonyl (C=O) groups is 1. The number of hydrogen-bond acceptors (Lipinski definition) is 6. The van der Waals surface area contributed by atoms with Gasteiger partial charge in [-0.1, -0.05) is 26.0 Å². The first-order chi connectivity index (χ1) is 14.6. The van der Waals surface area contributed by atoms with E-state index in [-0.39, 0.29) is 13.2 Å². The van der Waals surface area contributed by atoms with Gasteiger partial charge in [0, 0.05) is 17.0 Å². The third kappa shape index (κ3) is 4.06. The van der Waals surface area contributed by atoms with E-state index in [1.807, 2.05) is 26.0 Å². The van der Waals surface area contributed by atoms with Crippen molar-refractivity contribution in [1.29, 1.82) is 0 Å². The fourth-order valence-electron chi connectivity index (χ4n) is 5.08. The van der Waals surface area contributed by atoms with Crippen LogP contribution >= 0.6 is 11.3 Å². The molecule has 4 rings (SSSR count). The molecular formula is C24H31NO5S. The Morgan fingerprint density at radius 2 is 1.97 bits per heavy atom. The summed E-state index contributed by atoms with van der Waals surface area (Å²) in [5.74, 6) is 1.98. The number of aliphatic hydroxyl groups excluding tert-OH is 2. The number of aliphatic hydroxyl groups is 2. The zero-order valence-electron chi connectivity index (χ0n) is 18.7. The number of rotatable bonds is 7. The maximum Gasteiger partial charge on any atom is 0.413 e. The summed E-state index contributed by atoms with van der Waals surface area (Å²) < 4.78 is 11.3. The molecule has 2 aliphatic rings. The Kier molecular flexibility index (Phi) is 5.79. The first kappa shape index (κ1) is 22.1. The highest BCUT2D eigenvalue weighted by Crippen LogP contribution is 2.72. The molecule has 31 heavy (non-hydrogen) atoms. The highest BCUT2D eigenvalue weighted by atomic mass is 32.1. The van der Waals surface area contributed by atoms with E-state index >= 15 is 0 Å².